The summed E-state index contributed by atoms with van der Waals surface area (Å²) in [7, 11) is 0. The first-order chi connectivity index (χ1) is 16.5. The molecule has 5 rings (SSSR count). The number of anilines is 2. The van der Waals surface area contributed by atoms with Crippen LogP contribution in [0.3, 0.4) is 0 Å². The molecule has 9 heteroatoms. The van der Waals surface area contributed by atoms with Crippen LogP contribution in [-0.2, 0) is 4.74 Å². The van der Waals surface area contributed by atoms with Crippen LogP contribution in [0.1, 0.15) is 21.5 Å². The van der Waals surface area contributed by atoms with Gasteiger partial charge in [0.15, 0.2) is 11.6 Å². The monoisotopic (exact) mass is 472 g/mol. The topological polar surface area (TPSA) is 131 Å². The van der Waals surface area contributed by atoms with E-state index in [0.29, 0.717) is 41.4 Å². The number of carbonyl (C=O) groups is 1. The molecule has 1 aliphatic heterocycles. The van der Waals surface area contributed by atoms with Gasteiger partial charge in [-0.2, -0.15) is 0 Å². The highest BCUT2D eigenvalue weighted by molar-refractivity contribution is 7.23. The molecule has 2 aromatic carbocycles. The molecule has 172 valence electrons. The molecule has 0 bridgehead atoms. The summed E-state index contributed by atoms with van der Waals surface area (Å²) >= 11 is 1.61. The van der Waals surface area contributed by atoms with Crippen LogP contribution in [0.15, 0.2) is 42.5 Å². The molecule has 1 amide bonds. The maximum atomic E-state index is 11.7. The molecular formula is C25H24N6O2S. The molecule has 3 heterocycles. The number of amides is 1. The van der Waals surface area contributed by atoms with Crippen LogP contribution >= 0.6 is 11.3 Å². The lowest BCUT2D eigenvalue weighted by Crippen LogP contribution is -2.36. The average molecular weight is 473 g/mol. The van der Waals surface area contributed by atoms with E-state index < -0.39 is 5.91 Å². The molecular weight excluding hydrogens is 448 g/mol. The van der Waals surface area contributed by atoms with Gasteiger partial charge in [-0.15, -0.1) is 11.3 Å². The number of ether oxygens (including phenoxy) is 1. The lowest BCUT2D eigenvalue weighted by atomic mass is 10.0. The van der Waals surface area contributed by atoms with Gasteiger partial charge in [0.25, 0.3) is 0 Å². The number of carbonyl (C=O) groups excluding carboxylic acids is 1. The summed E-state index contributed by atoms with van der Waals surface area (Å²) in [5, 5.41) is 7.88. The Kier molecular flexibility index (Phi) is 5.72. The number of benzene rings is 2. The van der Waals surface area contributed by atoms with Crippen molar-refractivity contribution >= 4 is 45.2 Å². The number of fused-ring (bicyclic) bond motifs is 1. The summed E-state index contributed by atoms with van der Waals surface area (Å²) in [6.07, 6.45) is 1.24. The van der Waals surface area contributed by atoms with Crippen LogP contribution in [0.2, 0.25) is 0 Å². The highest BCUT2D eigenvalue weighted by atomic mass is 32.1. The second kappa shape index (κ2) is 8.85. The Morgan fingerprint density at radius 2 is 1.94 bits per heavy atom. The molecule has 34 heavy (non-hydrogen) atoms. The minimum atomic E-state index is -0.461. The second-order valence-corrected chi connectivity index (χ2v) is 9.12. The Hall–Kier alpha value is -3.82. The van der Waals surface area contributed by atoms with Crippen molar-refractivity contribution in [3.05, 3.63) is 59.2 Å². The average Bonchev–Trinajstić information content (AvgIpc) is 3.20. The minimum Gasteiger partial charge on any atom is -0.398 e. The molecule has 8 nitrogen and oxygen atoms in total. The van der Waals surface area contributed by atoms with E-state index in [0.717, 1.165) is 45.1 Å². The van der Waals surface area contributed by atoms with E-state index in [4.69, 9.17) is 31.6 Å². The fourth-order valence-electron chi connectivity index (χ4n) is 4.21. The Morgan fingerprint density at radius 3 is 2.68 bits per heavy atom. The molecule has 0 radical (unpaired) electrons. The van der Waals surface area contributed by atoms with Gasteiger partial charge in [-0.25, -0.2) is 9.97 Å². The molecule has 0 aliphatic carbocycles. The van der Waals surface area contributed by atoms with Crippen LogP contribution in [-0.4, -0.2) is 48.4 Å². The number of primary amides is 1. The summed E-state index contributed by atoms with van der Waals surface area (Å²) in [5.41, 5.74) is 16.7. The maximum Gasteiger partial charge on any atom is 0.248 e. The maximum absolute atomic E-state index is 11.7. The van der Waals surface area contributed by atoms with Crippen LogP contribution in [0, 0.1) is 12.3 Å². The predicted molar refractivity (Wildman–Crippen MR) is 137 cm³/mol. The summed E-state index contributed by atoms with van der Waals surface area (Å²) in [6.45, 7) is 4.74. The van der Waals surface area contributed by atoms with E-state index in [1.807, 2.05) is 37.3 Å². The van der Waals surface area contributed by atoms with Gasteiger partial charge < -0.3 is 26.5 Å². The first kappa shape index (κ1) is 22.0. The van der Waals surface area contributed by atoms with Crippen LogP contribution in [0.25, 0.3) is 32.0 Å². The minimum absolute atomic E-state index is 0.461. The number of hydrogen-bond donors (Lipinski definition) is 3. The van der Waals surface area contributed by atoms with Crippen molar-refractivity contribution in [3.8, 4) is 21.8 Å². The van der Waals surface area contributed by atoms with Gasteiger partial charge in [0.1, 0.15) is 0 Å². The predicted octanol–water partition coefficient (Wildman–Crippen LogP) is 3.85. The quantitative estimate of drug-likeness (QED) is 0.299. The van der Waals surface area contributed by atoms with Gasteiger partial charge in [0.2, 0.25) is 5.91 Å². The third kappa shape index (κ3) is 3.78. The van der Waals surface area contributed by atoms with E-state index in [1.165, 1.54) is 6.21 Å². The molecule has 1 saturated heterocycles. The third-order valence-electron chi connectivity index (χ3n) is 5.99. The lowest BCUT2D eigenvalue weighted by molar-refractivity contribution is 0.100. The van der Waals surface area contributed by atoms with Gasteiger partial charge in [0.05, 0.1) is 23.4 Å². The van der Waals surface area contributed by atoms with Crippen molar-refractivity contribution in [1.29, 1.82) is 5.41 Å². The Labute approximate surface area is 200 Å². The normalized spacial score (nSPS) is 13.9. The summed E-state index contributed by atoms with van der Waals surface area (Å²) in [4.78, 5) is 24.9. The number of hydrogen-bond acceptors (Lipinski definition) is 8. The highest BCUT2D eigenvalue weighted by Gasteiger charge is 2.23. The number of morpholine rings is 1. The zero-order chi connectivity index (χ0) is 23.8. The molecule has 2 aromatic heterocycles. The first-order valence-corrected chi connectivity index (χ1v) is 11.7. The number of nitrogen functional groups attached to an aromatic ring is 1. The number of thiophene rings is 1. The number of aryl methyl sites for hydroxylation is 1. The molecule has 1 aliphatic rings. The molecule has 4 aromatic rings. The van der Waals surface area contributed by atoms with Gasteiger partial charge >= 0.3 is 0 Å². The zero-order valence-corrected chi connectivity index (χ0v) is 19.5. The number of nitrogens with two attached hydrogens (primary N) is 2. The summed E-state index contributed by atoms with van der Waals surface area (Å²) in [5.74, 6) is 0.905. The van der Waals surface area contributed by atoms with E-state index in [9.17, 15) is 4.79 Å². The molecule has 1 fully saturated rings. The SMILES string of the molecule is Cc1c(-c2cccc(C(N)=O)c2)sc2c(N3CCOCC3)nc(-c3cccc(N)c3C=N)nc12. The van der Waals surface area contributed by atoms with E-state index in [1.54, 1.807) is 23.5 Å². The number of aromatic nitrogens is 2. The largest absolute Gasteiger partial charge is 0.398 e. The molecule has 0 saturated carbocycles. The van der Waals surface area contributed by atoms with E-state index in [2.05, 4.69) is 4.90 Å². The molecule has 0 atom stereocenters. The Morgan fingerprint density at radius 1 is 1.18 bits per heavy atom. The number of nitrogens with one attached hydrogen (secondary N) is 1. The number of nitrogens with zero attached hydrogens (tertiary/aromatic N) is 3. The Bertz CT molecular complexity index is 1420. The second-order valence-electron chi connectivity index (χ2n) is 8.10. The molecule has 0 unspecified atom stereocenters. The molecule has 5 N–H and O–H groups in total. The molecule has 0 spiro atoms. The van der Waals surface area contributed by atoms with Crippen molar-refractivity contribution in [2.24, 2.45) is 5.73 Å². The highest BCUT2D eigenvalue weighted by Crippen LogP contribution is 2.42. The van der Waals surface area contributed by atoms with Gasteiger partial charge in [-0.05, 0) is 36.2 Å². The van der Waals surface area contributed by atoms with Crippen molar-refractivity contribution in [2.45, 2.75) is 6.92 Å². The van der Waals surface area contributed by atoms with Crippen LogP contribution in [0.5, 0.6) is 0 Å². The summed E-state index contributed by atoms with van der Waals surface area (Å²) in [6, 6.07) is 12.8. The third-order valence-corrected chi connectivity index (χ3v) is 7.32. The smallest absolute Gasteiger partial charge is 0.248 e. The van der Waals surface area contributed by atoms with Crippen molar-refractivity contribution in [1.82, 2.24) is 9.97 Å². The Balaban J connectivity index is 1.76. The van der Waals surface area contributed by atoms with Crippen molar-refractivity contribution in [2.75, 3.05) is 36.9 Å². The fourth-order valence-corrected chi connectivity index (χ4v) is 5.47. The van der Waals surface area contributed by atoms with Crippen LogP contribution < -0.4 is 16.4 Å². The van der Waals surface area contributed by atoms with Crippen LogP contribution in [0.4, 0.5) is 11.5 Å². The van der Waals surface area contributed by atoms with E-state index >= 15 is 0 Å². The standard InChI is InChI=1S/C25H24N6O2S/c1-14-20-22(34-21(14)15-4-2-5-16(12-15)23(28)32)25(31-8-10-33-11-9-31)30-24(29-20)17-6-3-7-19(27)18(17)13-26/h2-7,12-13,26H,8-11,27H2,1H3,(H2,28,32). The fraction of sp³-hybridized carbons (Fsp3) is 0.200. The van der Waals surface area contributed by atoms with Crippen molar-refractivity contribution in [3.63, 3.8) is 0 Å². The zero-order valence-electron chi connectivity index (χ0n) is 18.7. The first-order valence-electron chi connectivity index (χ1n) is 10.9. The van der Waals surface area contributed by atoms with Gasteiger partial charge in [-0.1, -0.05) is 24.3 Å². The summed E-state index contributed by atoms with van der Waals surface area (Å²) < 4.78 is 6.54. The van der Waals surface area contributed by atoms with E-state index in [-0.39, 0.29) is 0 Å². The van der Waals surface area contributed by atoms with Gasteiger partial charge in [0, 0.05) is 46.6 Å². The number of rotatable bonds is 5. The lowest BCUT2D eigenvalue weighted by Gasteiger charge is -2.28. The van der Waals surface area contributed by atoms with Gasteiger partial charge in [-0.3, -0.25) is 4.79 Å². The van der Waals surface area contributed by atoms with Crippen molar-refractivity contribution < 1.29 is 9.53 Å².